The van der Waals surface area contributed by atoms with Crippen molar-refractivity contribution in [2.45, 2.75) is 44.7 Å². The summed E-state index contributed by atoms with van der Waals surface area (Å²) in [5.41, 5.74) is 4.32. The zero-order chi connectivity index (χ0) is 32.5. The lowest BCUT2D eigenvalue weighted by molar-refractivity contribution is -0.144. The van der Waals surface area contributed by atoms with Gasteiger partial charge in [0, 0.05) is 39.2 Å². The Morgan fingerprint density at radius 3 is 2.74 bits per heavy atom. The Kier molecular flexibility index (Phi) is 10.5. The highest BCUT2D eigenvalue weighted by Crippen LogP contribution is 2.34. The Morgan fingerprint density at radius 2 is 1.96 bits per heavy atom. The molecule has 238 valence electrons. The van der Waals surface area contributed by atoms with Gasteiger partial charge in [-0.3, -0.25) is 10.1 Å². The fourth-order valence-electron chi connectivity index (χ4n) is 5.06. The van der Waals surface area contributed by atoms with E-state index in [4.69, 9.17) is 21.1 Å². The van der Waals surface area contributed by atoms with Crippen molar-refractivity contribution in [1.29, 1.82) is 0 Å². The number of aromatic nitrogens is 6. The number of amides is 2. The van der Waals surface area contributed by atoms with Crippen LogP contribution in [0.25, 0.3) is 22.9 Å². The molecule has 1 unspecified atom stereocenters. The van der Waals surface area contributed by atoms with Gasteiger partial charge in [0.1, 0.15) is 12.4 Å². The highest BCUT2D eigenvalue weighted by Gasteiger charge is 2.24. The number of anilines is 2. The van der Waals surface area contributed by atoms with Crippen LogP contribution < -0.4 is 16.0 Å². The van der Waals surface area contributed by atoms with Gasteiger partial charge in [-0.1, -0.05) is 30.5 Å². The Balaban J connectivity index is 1.45. The van der Waals surface area contributed by atoms with Gasteiger partial charge in [-0.25, -0.2) is 9.59 Å². The SMILES string of the molecule is CCOC(=O)[C@@H]1CCCCC(NC(=O)/C=C/c2cc(Cl)ccc2-n2cnnn2)c2cc(cnn2)-c2ccc(NC(=O)OC)cc2N1. The highest BCUT2D eigenvalue weighted by molar-refractivity contribution is 6.30. The molecule has 1 aliphatic rings. The van der Waals surface area contributed by atoms with E-state index < -0.39 is 18.2 Å². The van der Waals surface area contributed by atoms with E-state index in [0.29, 0.717) is 70.2 Å². The molecule has 0 saturated carbocycles. The second-order valence-corrected chi connectivity index (χ2v) is 10.8. The number of benzene rings is 2. The van der Waals surface area contributed by atoms with Crippen molar-refractivity contribution in [3.05, 3.63) is 77.3 Å². The smallest absolute Gasteiger partial charge is 0.411 e. The van der Waals surface area contributed by atoms with Gasteiger partial charge in [0.2, 0.25) is 5.91 Å². The molecule has 46 heavy (non-hydrogen) atoms. The number of nitrogens with one attached hydrogen (secondary N) is 3. The molecule has 0 spiro atoms. The largest absolute Gasteiger partial charge is 0.464 e. The van der Waals surface area contributed by atoms with Gasteiger partial charge in [-0.2, -0.15) is 14.9 Å². The molecule has 4 aromatic rings. The molecule has 2 amide bonds. The molecule has 1 aliphatic heterocycles. The molecule has 3 N–H and O–H groups in total. The van der Waals surface area contributed by atoms with Crippen molar-refractivity contribution < 1.29 is 23.9 Å². The van der Waals surface area contributed by atoms with Gasteiger partial charge in [-0.15, -0.1) is 5.10 Å². The summed E-state index contributed by atoms with van der Waals surface area (Å²) in [4.78, 5) is 38.1. The highest BCUT2D eigenvalue weighted by atomic mass is 35.5. The van der Waals surface area contributed by atoms with Gasteiger partial charge in [0.15, 0.2) is 0 Å². The van der Waals surface area contributed by atoms with E-state index >= 15 is 0 Å². The zero-order valence-electron chi connectivity index (χ0n) is 25.1. The van der Waals surface area contributed by atoms with Crippen LogP contribution in [-0.4, -0.2) is 68.1 Å². The van der Waals surface area contributed by atoms with Crippen LogP contribution in [0.2, 0.25) is 5.02 Å². The average Bonchev–Trinajstić information content (AvgIpc) is 3.59. The number of tetrazole rings is 1. The number of ether oxygens (including phenoxy) is 2. The Morgan fingerprint density at radius 1 is 1.11 bits per heavy atom. The summed E-state index contributed by atoms with van der Waals surface area (Å²) in [5, 5.41) is 29.4. The maximum atomic E-state index is 13.3. The second-order valence-electron chi connectivity index (χ2n) is 10.3. The standard InChI is InChI=1S/C31H32ClN9O5/c1-3-46-30(43)25-7-5-4-6-24(37-29(42)13-8-19-14-21(32)9-12-28(19)41-18-34-39-40-41)27-15-20(17-33-38-27)23-11-10-22(16-26(23)36-25)35-31(44)45-2/h8-18,24-25,36H,3-7H2,1-2H3,(H,35,44)(H,37,42)/b13-8+/t24?,25-/m0/s1. The number of hydrogen-bond acceptors (Lipinski definition) is 11. The van der Waals surface area contributed by atoms with Gasteiger partial charge >= 0.3 is 12.1 Å². The number of hydrogen-bond donors (Lipinski definition) is 3. The van der Waals surface area contributed by atoms with Crippen LogP contribution in [0.4, 0.5) is 16.2 Å². The van der Waals surface area contributed by atoms with Crippen LogP contribution in [0, 0.1) is 0 Å². The van der Waals surface area contributed by atoms with Crippen LogP contribution >= 0.6 is 11.6 Å². The maximum absolute atomic E-state index is 13.3. The number of esters is 1. The van der Waals surface area contributed by atoms with Crippen molar-refractivity contribution in [3.63, 3.8) is 0 Å². The first kappa shape index (κ1) is 32.0. The Bertz CT molecular complexity index is 1730. The number of methoxy groups -OCH3 is 1. The van der Waals surface area contributed by atoms with E-state index in [1.54, 1.807) is 55.6 Å². The molecule has 15 heteroatoms. The molecule has 2 aromatic carbocycles. The minimum absolute atomic E-state index is 0.236. The summed E-state index contributed by atoms with van der Waals surface area (Å²) in [6.45, 7) is 1.99. The fraction of sp³-hybridized carbons (Fsp3) is 0.290. The Labute approximate surface area is 269 Å². The van der Waals surface area contributed by atoms with E-state index in [0.717, 1.165) is 0 Å². The lowest BCUT2D eigenvalue weighted by atomic mass is 9.97. The van der Waals surface area contributed by atoms with E-state index in [1.807, 2.05) is 6.07 Å². The van der Waals surface area contributed by atoms with E-state index in [2.05, 4.69) is 41.7 Å². The minimum atomic E-state index is -0.649. The number of fused-ring (bicyclic) bond motifs is 4. The monoisotopic (exact) mass is 645 g/mol. The maximum Gasteiger partial charge on any atom is 0.411 e. The van der Waals surface area contributed by atoms with Gasteiger partial charge < -0.3 is 20.1 Å². The number of carbonyl (C=O) groups excluding carboxylic acids is 3. The lowest BCUT2D eigenvalue weighted by Crippen LogP contribution is -2.32. The van der Waals surface area contributed by atoms with Crippen molar-refractivity contribution >= 4 is 47.0 Å². The van der Waals surface area contributed by atoms with E-state index in [-0.39, 0.29) is 18.5 Å². The van der Waals surface area contributed by atoms with E-state index in [1.165, 1.54) is 24.2 Å². The Hall–Kier alpha value is -5.37. The average molecular weight is 646 g/mol. The van der Waals surface area contributed by atoms with Gasteiger partial charge in [-0.05, 0) is 72.7 Å². The molecule has 2 bridgehead atoms. The van der Waals surface area contributed by atoms with Crippen molar-refractivity contribution in [1.82, 2.24) is 35.7 Å². The quantitative estimate of drug-likeness (QED) is 0.187. The number of halogens is 1. The second kappa shape index (κ2) is 15.1. The summed E-state index contributed by atoms with van der Waals surface area (Å²) >= 11 is 6.23. The van der Waals surface area contributed by atoms with Crippen LogP contribution in [0.1, 0.15) is 49.9 Å². The van der Waals surface area contributed by atoms with Crippen molar-refractivity contribution in [2.24, 2.45) is 0 Å². The molecule has 2 atom stereocenters. The molecule has 2 aromatic heterocycles. The molecular weight excluding hydrogens is 614 g/mol. The third-order valence-corrected chi connectivity index (χ3v) is 7.48. The zero-order valence-corrected chi connectivity index (χ0v) is 25.9. The number of rotatable bonds is 7. The van der Waals surface area contributed by atoms with Crippen LogP contribution in [0.5, 0.6) is 0 Å². The topological polar surface area (TPSA) is 175 Å². The lowest BCUT2D eigenvalue weighted by Gasteiger charge is -2.24. The molecule has 0 aliphatic carbocycles. The van der Waals surface area contributed by atoms with E-state index in [9.17, 15) is 14.4 Å². The molecule has 5 rings (SSSR count). The minimum Gasteiger partial charge on any atom is -0.464 e. The first-order chi connectivity index (χ1) is 22.3. The molecule has 14 nitrogen and oxygen atoms in total. The van der Waals surface area contributed by atoms with Crippen LogP contribution in [0.3, 0.4) is 0 Å². The fourth-order valence-corrected chi connectivity index (χ4v) is 5.24. The normalized spacial score (nSPS) is 16.2. The third kappa shape index (κ3) is 8.01. The molecular formula is C31H32ClN9O5. The first-order valence-electron chi connectivity index (χ1n) is 14.6. The van der Waals surface area contributed by atoms with Gasteiger partial charge in [0.05, 0.1) is 37.3 Å². The van der Waals surface area contributed by atoms with Gasteiger partial charge in [0.25, 0.3) is 0 Å². The molecule has 0 fully saturated rings. The third-order valence-electron chi connectivity index (χ3n) is 7.25. The summed E-state index contributed by atoms with van der Waals surface area (Å²) in [7, 11) is 1.28. The molecule has 0 radical (unpaired) electrons. The summed E-state index contributed by atoms with van der Waals surface area (Å²) in [6.07, 6.45) is 7.83. The predicted octanol–water partition coefficient (Wildman–Crippen LogP) is 4.74. The van der Waals surface area contributed by atoms with Crippen LogP contribution in [-0.2, 0) is 19.1 Å². The van der Waals surface area contributed by atoms with Crippen molar-refractivity contribution in [2.75, 3.05) is 24.4 Å². The summed E-state index contributed by atoms with van der Waals surface area (Å²) in [5.74, 6) is -0.737. The van der Waals surface area contributed by atoms with Crippen molar-refractivity contribution in [3.8, 4) is 16.8 Å². The first-order valence-corrected chi connectivity index (χ1v) is 15.0. The molecule has 0 saturated heterocycles. The molecule has 3 heterocycles. The summed E-state index contributed by atoms with van der Waals surface area (Å²) in [6, 6.07) is 11.1. The predicted molar refractivity (Wildman–Crippen MR) is 170 cm³/mol. The van der Waals surface area contributed by atoms with Crippen LogP contribution in [0.15, 0.2) is 61.1 Å². The number of nitrogens with zero attached hydrogens (tertiary/aromatic N) is 6. The summed E-state index contributed by atoms with van der Waals surface area (Å²) < 4.78 is 11.6. The number of carbonyl (C=O) groups is 3.